The van der Waals surface area contributed by atoms with Gasteiger partial charge in [-0.2, -0.15) is 5.10 Å². The molecule has 23 heavy (non-hydrogen) atoms. The molecule has 0 unspecified atom stereocenters. The van der Waals surface area contributed by atoms with Crippen LogP contribution in [0.2, 0.25) is 0 Å². The summed E-state index contributed by atoms with van der Waals surface area (Å²) in [7, 11) is 0. The van der Waals surface area contributed by atoms with Crippen molar-refractivity contribution in [3.8, 4) is 0 Å². The topological polar surface area (TPSA) is 79.6 Å². The lowest BCUT2D eigenvalue weighted by Gasteiger charge is -2.08. The summed E-state index contributed by atoms with van der Waals surface area (Å²) in [5, 5.41) is 18.2. The van der Waals surface area contributed by atoms with Crippen molar-refractivity contribution in [2.24, 2.45) is 5.10 Å². The number of nitro groups is 1. The van der Waals surface area contributed by atoms with Crippen LogP contribution in [0.1, 0.15) is 18.1 Å². The first-order valence-corrected chi connectivity index (χ1v) is 7.29. The average Bonchev–Trinajstić information content (AvgIpc) is 2.55. The Morgan fingerprint density at radius 1 is 1.13 bits per heavy atom. The Morgan fingerprint density at radius 2 is 1.74 bits per heavy atom. The second-order valence-electron chi connectivity index (χ2n) is 4.93. The van der Waals surface area contributed by atoms with Gasteiger partial charge in [0.05, 0.1) is 10.6 Å². The molecule has 0 aliphatic heterocycles. The van der Waals surface area contributed by atoms with Gasteiger partial charge in [-0.1, -0.05) is 17.7 Å². The maximum atomic E-state index is 10.6. The molecule has 0 amide bonds. The lowest BCUT2D eigenvalue weighted by atomic mass is 10.1. The molecular formula is C16H16N4O2S. The van der Waals surface area contributed by atoms with E-state index < -0.39 is 4.92 Å². The monoisotopic (exact) mass is 328 g/mol. The van der Waals surface area contributed by atoms with Crippen molar-refractivity contribution in [1.82, 2.24) is 5.43 Å². The van der Waals surface area contributed by atoms with E-state index in [0.717, 1.165) is 11.3 Å². The third kappa shape index (κ3) is 4.86. The van der Waals surface area contributed by atoms with Crippen LogP contribution in [-0.4, -0.2) is 15.7 Å². The van der Waals surface area contributed by atoms with Gasteiger partial charge in [0.25, 0.3) is 5.69 Å². The maximum absolute atomic E-state index is 10.6. The molecule has 2 aromatic carbocycles. The van der Waals surface area contributed by atoms with Crippen LogP contribution in [0.15, 0.2) is 53.6 Å². The van der Waals surface area contributed by atoms with Gasteiger partial charge >= 0.3 is 0 Å². The zero-order valence-corrected chi connectivity index (χ0v) is 13.6. The van der Waals surface area contributed by atoms with Crippen LogP contribution in [0.4, 0.5) is 11.4 Å². The summed E-state index contributed by atoms with van der Waals surface area (Å²) >= 11 is 5.17. The van der Waals surface area contributed by atoms with Crippen LogP contribution >= 0.6 is 12.2 Å². The zero-order chi connectivity index (χ0) is 16.8. The fourth-order valence-electron chi connectivity index (χ4n) is 1.82. The van der Waals surface area contributed by atoms with Gasteiger partial charge in [-0.3, -0.25) is 15.5 Å². The minimum atomic E-state index is -0.435. The first kappa shape index (κ1) is 16.6. The summed E-state index contributed by atoms with van der Waals surface area (Å²) in [4.78, 5) is 10.2. The number of nitro benzene ring substituents is 1. The summed E-state index contributed by atoms with van der Waals surface area (Å²) in [5.41, 5.74) is 6.30. The molecule has 0 aliphatic rings. The molecule has 0 saturated carbocycles. The molecule has 0 aromatic heterocycles. The largest absolute Gasteiger partial charge is 0.331 e. The Balaban J connectivity index is 1.96. The van der Waals surface area contributed by atoms with Crippen molar-refractivity contribution in [1.29, 1.82) is 0 Å². The molecule has 0 radical (unpaired) electrons. The minimum Gasteiger partial charge on any atom is -0.331 e. The number of hydrazone groups is 1. The van der Waals surface area contributed by atoms with E-state index in [-0.39, 0.29) is 5.69 Å². The Kier molecular flexibility index (Phi) is 5.37. The Hall–Kier alpha value is -2.80. The number of nitrogens with one attached hydrogen (secondary N) is 2. The van der Waals surface area contributed by atoms with Crippen molar-refractivity contribution >= 4 is 34.4 Å². The molecule has 118 valence electrons. The van der Waals surface area contributed by atoms with Gasteiger partial charge in [0.15, 0.2) is 5.11 Å². The van der Waals surface area contributed by atoms with Crippen LogP contribution in [0.3, 0.4) is 0 Å². The van der Waals surface area contributed by atoms with Crippen molar-refractivity contribution in [3.05, 3.63) is 69.8 Å². The smallest absolute Gasteiger partial charge is 0.269 e. The summed E-state index contributed by atoms with van der Waals surface area (Å²) in [6.45, 7) is 3.81. The maximum Gasteiger partial charge on any atom is 0.269 e. The molecule has 2 aromatic rings. The number of thiocarbonyl (C=S) groups is 1. The second-order valence-corrected chi connectivity index (χ2v) is 5.34. The number of hydrogen-bond donors (Lipinski definition) is 2. The quantitative estimate of drug-likeness (QED) is 0.388. The highest BCUT2D eigenvalue weighted by molar-refractivity contribution is 7.80. The molecule has 0 saturated heterocycles. The zero-order valence-electron chi connectivity index (χ0n) is 12.7. The van der Waals surface area contributed by atoms with E-state index in [4.69, 9.17) is 12.2 Å². The summed E-state index contributed by atoms with van der Waals surface area (Å²) < 4.78 is 0. The van der Waals surface area contributed by atoms with Crippen molar-refractivity contribution in [3.63, 3.8) is 0 Å². The van der Waals surface area contributed by atoms with Gasteiger partial charge in [-0.05, 0) is 55.9 Å². The molecule has 0 bridgehead atoms. The number of nitrogens with zero attached hydrogens (tertiary/aromatic N) is 2. The van der Waals surface area contributed by atoms with E-state index in [1.165, 1.54) is 17.7 Å². The molecule has 7 heteroatoms. The molecule has 0 heterocycles. The van der Waals surface area contributed by atoms with Gasteiger partial charge in [-0.25, -0.2) is 0 Å². The number of rotatable bonds is 4. The van der Waals surface area contributed by atoms with Crippen LogP contribution in [0.5, 0.6) is 0 Å². The van der Waals surface area contributed by atoms with Crippen LogP contribution in [0.25, 0.3) is 0 Å². The predicted molar refractivity (Wildman–Crippen MR) is 95.8 cm³/mol. The summed E-state index contributed by atoms with van der Waals surface area (Å²) in [5.74, 6) is 0. The lowest BCUT2D eigenvalue weighted by molar-refractivity contribution is -0.384. The van der Waals surface area contributed by atoms with E-state index in [1.807, 2.05) is 31.2 Å². The standard InChI is InChI=1S/C16H16N4O2S/c1-11-3-7-14(8-4-11)17-16(23)19-18-12(2)13-5-9-15(10-6-13)20(21)22/h3-10H,1-2H3,(H2,17,19,23)/b18-12+. The van der Waals surface area contributed by atoms with Crippen molar-refractivity contribution in [2.75, 3.05) is 5.32 Å². The number of anilines is 1. The Labute approximate surface area is 139 Å². The SMILES string of the molecule is C/C(=N\NC(=S)Nc1ccc(C)cc1)c1ccc([N+](=O)[O-])cc1. The minimum absolute atomic E-state index is 0.0473. The van der Waals surface area contributed by atoms with Gasteiger partial charge in [0, 0.05) is 17.8 Å². The van der Waals surface area contributed by atoms with Gasteiger partial charge in [-0.15, -0.1) is 0 Å². The third-order valence-electron chi connectivity index (χ3n) is 3.13. The average molecular weight is 328 g/mol. The van der Waals surface area contributed by atoms with Crippen molar-refractivity contribution < 1.29 is 4.92 Å². The van der Waals surface area contributed by atoms with E-state index >= 15 is 0 Å². The molecule has 2 N–H and O–H groups in total. The summed E-state index contributed by atoms with van der Waals surface area (Å²) in [6.07, 6.45) is 0. The summed E-state index contributed by atoms with van der Waals surface area (Å²) in [6, 6.07) is 14.0. The normalized spacial score (nSPS) is 11.0. The lowest BCUT2D eigenvalue weighted by Crippen LogP contribution is -2.24. The van der Waals surface area contributed by atoms with E-state index in [1.54, 1.807) is 19.1 Å². The highest BCUT2D eigenvalue weighted by Gasteiger charge is 2.05. The van der Waals surface area contributed by atoms with Gasteiger partial charge in [0.2, 0.25) is 0 Å². The molecular weight excluding hydrogens is 312 g/mol. The molecule has 0 fully saturated rings. The fraction of sp³-hybridized carbons (Fsp3) is 0.125. The number of benzene rings is 2. The molecule has 0 atom stereocenters. The highest BCUT2D eigenvalue weighted by atomic mass is 32.1. The Morgan fingerprint density at radius 3 is 2.30 bits per heavy atom. The first-order chi connectivity index (χ1) is 11.0. The fourth-order valence-corrected chi connectivity index (χ4v) is 1.98. The van der Waals surface area contributed by atoms with E-state index in [2.05, 4.69) is 15.8 Å². The highest BCUT2D eigenvalue weighted by Crippen LogP contribution is 2.12. The number of hydrogen-bond acceptors (Lipinski definition) is 4. The van der Waals surface area contributed by atoms with E-state index in [0.29, 0.717) is 10.8 Å². The van der Waals surface area contributed by atoms with Crippen molar-refractivity contribution in [2.45, 2.75) is 13.8 Å². The molecule has 0 spiro atoms. The van der Waals surface area contributed by atoms with Gasteiger partial charge in [0.1, 0.15) is 0 Å². The first-order valence-electron chi connectivity index (χ1n) is 6.88. The molecule has 0 aliphatic carbocycles. The van der Waals surface area contributed by atoms with Crippen LogP contribution in [-0.2, 0) is 0 Å². The molecule has 2 rings (SSSR count). The van der Waals surface area contributed by atoms with Crippen LogP contribution < -0.4 is 10.7 Å². The number of aryl methyl sites for hydroxylation is 1. The number of non-ortho nitro benzene ring substituents is 1. The predicted octanol–water partition coefficient (Wildman–Crippen LogP) is 3.61. The molecule has 6 nitrogen and oxygen atoms in total. The second kappa shape index (κ2) is 7.46. The van der Waals surface area contributed by atoms with Gasteiger partial charge < -0.3 is 5.32 Å². The van der Waals surface area contributed by atoms with E-state index in [9.17, 15) is 10.1 Å². The Bertz CT molecular complexity index is 740. The van der Waals surface area contributed by atoms with Crippen LogP contribution in [0, 0.1) is 17.0 Å². The third-order valence-corrected chi connectivity index (χ3v) is 3.32.